The summed E-state index contributed by atoms with van der Waals surface area (Å²) < 4.78 is 0. The Balaban J connectivity index is 1.78. The van der Waals surface area contributed by atoms with Gasteiger partial charge < -0.3 is 5.32 Å². The van der Waals surface area contributed by atoms with Crippen LogP contribution in [0, 0.1) is 11.3 Å². The van der Waals surface area contributed by atoms with Crippen molar-refractivity contribution < 1.29 is 0 Å². The second-order valence-electron chi connectivity index (χ2n) is 5.68. The summed E-state index contributed by atoms with van der Waals surface area (Å²) in [4.78, 5) is 4.77. The lowest BCUT2D eigenvalue weighted by Gasteiger charge is -2.31. The monoisotopic (exact) mass is 254 g/mol. The Morgan fingerprint density at radius 1 is 1.29 bits per heavy atom. The molecule has 2 rings (SSSR count). The third-order valence-corrected chi connectivity index (χ3v) is 5.74. The summed E-state index contributed by atoms with van der Waals surface area (Å²) in [5.41, 5.74) is 0.574. The molecule has 0 saturated heterocycles. The number of nitrogens with zero attached hydrogens (tertiary/aromatic N) is 1. The van der Waals surface area contributed by atoms with Crippen molar-refractivity contribution in [2.45, 2.75) is 52.4 Å². The van der Waals surface area contributed by atoms with E-state index in [2.05, 4.69) is 19.2 Å². The SMILES string of the molecule is CCC(CC)CNC1=NCC2(CCCC2)CS1. The van der Waals surface area contributed by atoms with E-state index in [1.165, 1.54) is 49.4 Å². The number of amidine groups is 1. The van der Waals surface area contributed by atoms with Crippen molar-refractivity contribution in [3.8, 4) is 0 Å². The molecule has 1 aliphatic heterocycles. The molecule has 0 bridgehead atoms. The van der Waals surface area contributed by atoms with Crippen LogP contribution in [0.1, 0.15) is 52.4 Å². The Hall–Kier alpha value is -0.180. The predicted octanol–water partition coefficient (Wildman–Crippen LogP) is 3.68. The first-order valence-electron chi connectivity index (χ1n) is 7.19. The van der Waals surface area contributed by atoms with Gasteiger partial charge in [0.15, 0.2) is 5.17 Å². The van der Waals surface area contributed by atoms with E-state index in [1.54, 1.807) is 0 Å². The highest BCUT2D eigenvalue weighted by atomic mass is 32.2. The third kappa shape index (κ3) is 3.40. The summed E-state index contributed by atoms with van der Waals surface area (Å²) in [6, 6.07) is 0. The van der Waals surface area contributed by atoms with Crippen molar-refractivity contribution in [3.63, 3.8) is 0 Å². The minimum Gasteiger partial charge on any atom is -0.365 e. The molecular weight excluding hydrogens is 228 g/mol. The lowest BCUT2D eigenvalue weighted by molar-refractivity contribution is 0.358. The molecule has 0 aromatic rings. The first-order chi connectivity index (χ1) is 8.28. The third-order valence-electron chi connectivity index (χ3n) is 4.43. The maximum Gasteiger partial charge on any atom is 0.156 e. The zero-order valence-electron chi connectivity index (χ0n) is 11.3. The summed E-state index contributed by atoms with van der Waals surface area (Å²) in [6.07, 6.45) is 8.20. The molecule has 1 spiro atoms. The van der Waals surface area contributed by atoms with Crippen molar-refractivity contribution in [2.24, 2.45) is 16.3 Å². The van der Waals surface area contributed by atoms with Gasteiger partial charge in [-0.25, -0.2) is 0 Å². The lowest BCUT2D eigenvalue weighted by Crippen LogP contribution is -2.35. The van der Waals surface area contributed by atoms with E-state index in [1.807, 2.05) is 11.8 Å². The van der Waals surface area contributed by atoms with Crippen LogP contribution in [0.3, 0.4) is 0 Å². The molecule has 1 N–H and O–H groups in total. The zero-order chi connectivity index (χ0) is 12.1. The summed E-state index contributed by atoms with van der Waals surface area (Å²) in [5.74, 6) is 2.10. The van der Waals surface area contributed by atoms with E-state index in [0.717, 1.165) is 19.0 Å². The van der Waals surface area contributed by atoms with Gasteiger partial charge in [0.2, 0.25) is 0 Å². The lowest BCUT2D eigenvalue weighted by atomic mass is 9.89. The van der Waals surface area contributed by atoms with Gasteiger partial charge in [0.05, 0.1) is 0 Å². The van der Waals surface area contributed by atoms with Crippen LogP contribution < -0.4 is 5.32 Å². The predicted molar refractivity (Wildman–Crippen MR) is 77.7 cm³/mol. The average Bonchev–Trinajstić information content (AvgIpc) is 2.81. The number of hydrogen-bond acceptors (Lipinski definition) is 3. The van der Waals surface area contributed by atoms with Crippen LogP contribution in [0.25, 0.3) is 0 Å². The maximum atomic E-state index is 4.77. The van der Waals surface area contributed by atoms with Crippen LogP contribution in [-0.2, 0) is 0 Å². The molecule has 98 valence electrons. The fourth-order valence-electron chi connectivity index (χ4n) is 2.90. The fraction of sp³-hybridized carbons (Fsp3) is 0.929. The van der Waals surface area contributed by atoms with Gasteiger partial charge in [-0.1, -0.05) is 51.3 Å². The van der Waals surface area contributed by atoms with Gasteiger partial charge in [-0.2, -0.15) is 0 Å². The van der Waals surface area contributed by atoms with Crippen molar-refractivity contribution >= 4 is 16.9 Å². The van der Waals surface area contributed by atoms with Gasteiger partial charge in [0.1, 0.15) is 0 Å². The molecule has 1 heterocycles. The average molecular weight is 254 g/mol. The van der Waals surface area contributed by atoms with Crippen molar-refractivity contribution in [1.82, 2.24) is 5.32 Å². The Kier molecular flexibility index (Phi) is 4.78. The Labute approximate surface area is 110 Å². The van der Waals surface area contributed by atoms with Crippen LogP contribution in [0.15, 0.2) is 4.99 Å². The molecule has 2 aliphatic rings. The van der Waals surface area contributed by atoms with Gasteiger partial charge in [-0.15, -0.1) is 0 Å². The number of rotatable bonds is 4. The molecule has 0 atom stereocenters. The summed E-state index contributed by atoms with van der Waals surface area (Å²) in [7, 11) is 0. The van der Waals surface area contributed by atoms with Gasteiger partial charge in [-0.3, -0.25) is 4.99 Å². The highest BCUT2D eigenvalue weighted by Crippen LogP contribution is 2.43. The zero-order valence-corrected chi connectivity index (χ0v) is 12.1. The largest absolute Gasteiger partial charge is 0.365 e. The van der Waals surface area contributed by atoms with Gasteiger partial charge >= 0.3 is 0 Å². The molecule has 0 unspecified atom stereocenters. The topological polar surface area (TPSA) is 24.4 Å². The molecule has 17 heavy (non-hydrogen) atoms. The minimum absolute atomic E-state index is 0.574. The molecule has 0 aromatic carbocycles. The molecule has 0 aromatic heterocycles. The van der Waals surface area contributed by atoms with Crippen molar-refractivity contribution in [2.75, 3.05) is 18.8 Å². The minimum atomic E-state index is 0.574. The van der Waals surface area contributed by atoms with Gasteiger partial charge in [0.25, 0.3) is 0 Å². The number of nitrogens with one attached hydrogen (secondary N) is 1. The normalized spacial score (nSPS) is 23.1. The van der Waals surface area contributed by atoms with E-state index >= 15 is 0 Å². The van der Waals surface area contributed by atoms with Crippen LogP contribution in [0.5, 0.6) is 0 Å². The quantitative estimate of drug-likeness (QED) is 0.827. The Bertz CT molecular complexity index is 265. The van der Waals surface area contributed by atoms with Crippen LogP contribution >= 0.6 is 11.8 Å². The van der Waals surface area contributed by atoms with E-state index in [9.17, 15) is 0 Å². The number of aliphatic imine (C=N–C) groups is 1. The highest BCUT2D eigenvalue weighted by Gasteiger charge is 2.36. The second-order valence-corrected chi connectivity index (χ2v) is 6.64. The molecule has 0 amide bonds. The summed E-state index contributed by atoms with van der Waals surface area (Å²) >= 11 is 1.96. The number of thioether (sulfide) groups is 1. The standard InChI is InChI=1S/C14H26N2S/c1-3-12(4-2)9-15-13-16-10-14(11-17-13)7-5-6-8-14/h12H,3-11H2,1-2H3,(H,15,16). The van der Waals surface area contributed by atoms with Gasteiger partial charge in [-0.05, 0) is 24.2 Å². The molecule has 2 nitrogen and oxygen atoms in total. The van der Waals surface area contributed by atoms with E-state index in [0.29, 0.717) is 5.41 Å². The van der Waals surface area contributed by atoms with Crippen LogP contribution in [0.2, 0.25) is 0 Å². The van der Waals surface area contributed by atoms with E-state index in [-0.39, 0.29) is 0 Å². The highest BCUT2D eigenvalue weighted by molar-refractivity contribution is 8.13. The molecular formula is C14H26N2S. The Morgan fingerprint density at radius 2 is 2.00 bits per heavy atom. The first kappa shape index (κ1) is 13.3. The molecule has 3 heteroatoms. The fourth-order valence-corrected chi connectivity index (χ4v) is 4.06. The van der Waals surface area contributed by atoms with E-state index in [4.69, 9.17) is 4.99 Å². The maximum absolute atomic E-state index is 4.77. The van der Waals surface area contributed by atoms with Crippen LogP contribution in [-0.4, -0.2) is 24.0 Å². The Morgan fingerprint density at radius 3 is 2.53 bits per heavy atom. The van der Waals surface area contributed by atoms with E-state index < -0.39 is 0 Å². The second kappa shape index (κ2) is 6.12. The molecule has 1 aliphatic carbocycles. The summed E-state index contributed by atoms with van der Waals surface area (Å²) in [5, 5.41) is 4.75. The van der Waals surface area contributed by atoms with Crippen LogP contribution in [0.4, 0.5) is 0 Å². The van der Waals surface area contributed by atoms with Crippen molar-refractivity contribution in [1.29, 1.82) is 0 Å². The first-order valence-corrected chi connectivity index (χ1v) is 8.17. The molecule has 1 saturated carbocycles. The van der Waals surface area contributed by atoms with Crippen molar-refractivity contribution in [3.05, 3.63) is 0 Å². The molecule has 1 fully saturated rings. The smallest absolute Gasteiger partial charge is 0.156 e. The van der Waals surface area contributed by atoms with Gasteiger partial charge in [0, 0.05) is 18.8 Å². The molecule has 0 radical (unpaired) electrons. The summed E-state index contributed by atoms with van der Waals surface area (Å²) in [6.45, 7) is 6.73. The number of hydrogen-bond donors (Lipinski definition) is 1.